The second-order valence-electron chi connectivity index (χ2n) is 4.41. The molecule has 0 amide bonds. The molecular formula is C13H20N2O. The van der Waals surface area contributed by atoms with Crippen LogP contribution >= 0.6 is 0 Å². The standard InChI is InChI=1S/C13H20N2O/c1-11(12-4-2-7-14-10-12)15-13-5-3-8-16-9-6-13/h2,4,7,10-11,13,15H,3,5-6,8-9H2,1H3. The molecule has 88 valence electrons. The van der Waals surface area contributed by atoms with Gasteiger partial charge in [0.15, 0.2) is 0 Å². The minimum absolute atomic E-state index is 0.372. The number of nitrogens with one attached hydrogen (secondary N) is 1. The first-order valence-electron chi connectivity index (χ1n) is 6.10. The van der Waals surface area contributed by atoms with Crippen LogP contribution in [0.25, 0.3) is 0 Å². The van der Waals surface area contributed by atoms with Gasteiger partial charge in [0, 0.05) is 37.7 Å². The molecule has 1 aromatic heterocycles. The molecule has 0 aliphatic carbocycles. The maximum atomic E-state index is 5.46. The van der Waals surface area contributed by atoms with Crippen LogP contribution in [0.1, 0.15) is 37.8 Å². The molecule has 0 aromatic carbocycles. The molecule has 0 radical (unpaired) electrons. The predicted octanol–water partition coefficient (Wildman–Crippen LogP) is 2.30. The lowest BCUT2D eigenvalue weighted by Gasteiger charge is -2.21. The molecule has 1 N–H and O–H groups in total. The van der Waals surface area contributed by atoms with E-state index in [1.54, 1.807) is 0 Å². The Morgan fingerprint density at radius 3 is 3.19 bits per heavy atom. The Bertz CT molecular complexity index is 294. The first kappa shape index (κ1) is 11.6. The fraction of sp³-hybridized carbons (Fsp3) is 0.615. The third-order valence-corrected chi connectivity index (χ3v) is 3.12. The van der Waals surface area contributed by atoms with Crippen molar-refractivity contribution in [3.8, 4) is 0 Å². The van der Waals surface area contributed by atoms with Gasteiger partial charge in [0.2, 0.25) is 0 Å². The Labute approximate surface area is 97.2 Å². The lowest BCUT2D eigenvalue weighted by atomic mass is 10.1. The molecule has 3 nitrogen and oxygen atoms in total. The van der Waals surface area contributed by atoms with Crippen molar-refractivity contribution < 1.29 is 4.74 Å². The highest BCUT2D eigenvalue weighted by molar-refractivity contribution is 5.12. The van der Waals surface area contributed by atoms with Crippen LogP contribution in [0.15, 0.2) is 24.5 Å². The van der Waals surface area contributed by atoms with Crippen molar-refractivity contribution in [2.45, 2.75) is 38.3 Å². The van der Waals surface area contributed by atoms with Crippen molar-refractivity contribution >= 4 is 0 Å². The van der Waals surface area contributed by atoms with Gasteiger partial charge in [-0.1, -0.05) is 6.07 Å². The number of nitrogens with zero attached hydrogens (tertiary/aromatic N) is 1. The average molecular weight is 220 g/mol. The van der Waals surface area contributed by atoms with Crippen LogP contribution in [0.3, 0.4) is 0 Å². The van der Waals surface area contributed by atoms with Gasteiger partial charge in [-0.3, -0.25) is 4.98 Å². The van der Waals surface area contributed by atoms with Crippen LogP contribution in [0, 0.1) is 0 Å². The zero-order valence-electron chi connectivity index (χ0n) is 9.86. The monoisotopic (exact) mass is 220 g/mol. The molecule has 1 aliphatic heterocycles. The van der Waals surface area contributed by atoms with Crippen LogP contribution < -0.4 is 5.32 Å². The number of ether oxygens (including phenoxy) is 1. The molecule has 1 saturated heterocycles. The maximum absolute atomic E-state index is 5.46. The Kier molecular flexibility index (Phi) is 4.31. The van der Waals surface area contributed by atoms with E-state index in [-0.39, 0.29) is 0 Å². The minimum Gasteiger partial charge on any atom is -0.381 e. The average Bonchev–Trinajstić information content (AvgIpc) is 2.59. The topological polar surface area (TPSA) is 34.1 Å². The summed E-state index contributed by atoms with van der Waals surface area (Å²) < 4.78 is 5.46. The zero-order valence-corrected chi connectivity index (χ0v) is 9.86. The summed E-state index contributed by atoms with van der Waals surface area (Å²) in [5.74, 6) is 0. The molecule has 1 aliphatic rings. The summed E-state index contributed by atoms with van der Waals surface area (Å²) in [7, 11) is 0. The first-order valence-corrected chi connectivity index (χ1v) is 6.10. The van der Waals surface area contributed by atoms with E-state index in [4.69, 9.17) is 4.74 Å². The van der Waals surface area contributed by atoms with Gasteiger partial charge in [0.25, 0.3) is 0 Å². The fourth-order valence-electron chi connectivity index (χ4n) is 2.15. The van der Waals surface area contributed by atoms with Crippen molar-refractivity contribution in [1.82, 2.24) is 10.3 Å². The summed E-state index contributed by atoms with van der Waals surface area (Å²) in [6.45, 7) is 4.00. The first-order chi connectivity index (χ1) is 7.86. The molecule has 2 atom stereocenters. The lowest BCUT2D eigenvalue weighted by molar-refractivity contribution is 0.142. The van der Waals surface area contributed by atoms with Gasteiger partial charge in [-0.2, -0.15) is 0 Å². The van der Waals surface area contributed by atoms with Gasteiger partial charge in [-0.15, -0.1) is 0 Å². The SMILES string of the molecule is CC(NC1CCCOCC1)c1cccnc1. The van der Waals surface area contributed by atoms with E-state index >= 15 is 0 Å². The minimum atomic E-state index is 0.372. The molecule has 0 saturated carbocycles. The summed E-state index contributed by atoms with van der Waals surface area (Å²) >= 11 is 0. The third-order valence-electron chi connectivity index (χ3n) is 3.12. The van der Waals surface area contributed by atoms with Gasteiger partial charge in [0.05, 0.1) is 0 Å². The van der Waals surface area contributed by atoms with Crippen molar-refractivity contribution in [1.29, 1.82) is 0 Å². The summed E-state index contributed by atoms with van der Waals surface area (Å²) in [6, 6.07) is 5.07. The molecule has 2 heterocycles. The normalized spacial score (nSPS) is 23.7. The van der Waals surface area contributed by atoms with E-state index < -0.39 is 0 Å². The van der Waals surface area contributed by atoms with E-state index in [0.29, 0.717) is 12.1 Å². The van der Waals surface area contributed by atoms with Crippen LogP contribution in [-0.4, -0.2) is 24.2 Å². The Balaban J connectivity index is 1.88. The van der Waals surface area contributed by atoms with E-state index in [1.807, 2.05) is 18.5 Å². The van der Waals surface area contributed by atoms with Gasteiger partial charge < -0.3 is 10.1 Å². The summed E-state index contributed by atoms with van der Waals surface area (Å²) in [4.78, 5) is 4.15. The lowest BCUT2D eigenvalue weighted by Crippen LogP contribution is -2.31. The van der Waals surface area contributed by atoms with Gasteiger partial charge in [0.1, 0.15) is 0 Å². The number of hydrogen-bond donors (Lipinski definition) is 1. The van der Waals surface area contributed by atoms with E-state index in [9.17, 15) is 0 Å². The third kappa shape index (κ3) is 3.29. The highest BCUT2D eigenvalue weighted by atomic mass is 16.5. The Morgan fingerprint density at radius 2 is 2.38 bits per heavy atom. The number of pyridine rings is 1. The fourth-order valence-corrected chi connectivity index (χ4v) is 2.15. The van der Waals surface area contributed by atoms with E-state index in [1.165, 1.54) is 12.0 Å². The summed E-state index contributed by atoms with van der Waals surface area (Å²) in [5, 5.41) is 3.66. The highest BCUT2D eigenvalue weighted by Gasteiger charge is 2.15. The summed E-state index contributed by atoms with van der Waals surface area (Å²) in [6.07, 6.45) is 7.24. The van der Waals surface area contributed by atoms with Crippen molar-refractivity contribution in [2.75, 3.05) is 13.2 Å². The molecule has 2 rings (SSSR count). The van der Waals surface area contributed by atoms with E-state index in [0.717, 1.165) is 26.1 Å². The Morgan fingerprint density at radius 1 is 1.44 bits per heavy atom. The smallest absolute Gasteiger partial charge is 0.0480 e. The van der Waals surface area contributed by atoms with Crippen molar-refractivity contribution in [2.24, 2.45) is 0 Å². The molecule has 0 bridgehead atoms. The molecule has 0 spiro atoms. The molecule has 16 heavy (non-hydrogen) atoms. The highest BCUT2D eigenvalue weighted by Crippen LogP contribution is 2.15. The van der Waals surface area contributed by atoms with Crippen LogP contribution in [0.5, 0.6) is 0 Å². The quantitative estimate of drug-likeness (QED) is 0.848. The Hall–Kier alpha value is -0.930. The van der Waals surface area contributed by atoms with Crippen molar-refractivity contribution in [3.05, 3.63) is 30.1 Å². The number of aromatic nitrogens is 1. The largest absolute Gasteiger partial charge is 0.381 e. The van der Waals surface area contributed by atoms with E-state index in [2.05, 4.69) is 23.3 Å². The van der Waals surface area contributed by atoms with Crippen LogP contribution in [-0.2, 0) is 4.74 Å². The number of rotatable bonds is 3. The van der Waals surface area contributed by atoms with Crippen LogP contribution in [0.2, 0.25) is 0 Å². The van der Waals surface area contributed by atoms with Gasteiger partial charge in [-0.05, 0) is 37.8 Å². The zero-order chi connectivity index (χ0) is 11.2. The van der Waals surface area contributed by atoms with Crippen molar-refractivity contribution in [3.63, 3.8) is 0 Å². The molecule has 1 aromatic rings. The van der Waals surface area contributed by atoms with Gasteiger partial charge >= 0.3 is 0 Å². The molecular weight excluding hydrogens is 200 g/mol. The van der Waals surface area contributed by atoms with Gasteiger partial charge in [-0.25, -0.2) is 0 Å². The van der Waals surface area contributed by atoms with Crippen LogP contribution in [0.4, 0.5) is 0 Å². The predicted molar refractivity (Wildman–Crippen MR) is 64.2 cm³/mol. The molecule has 1 fully saturated rings. The molecule has 2 unspecified atom stereocenters. The molecule has 3 heteroatoms. The second kappa shape index (κ2) is 5.97. The number of hydrogen-bond acceptors (Lipinski definition) is 3. The summed E-state index contributed by atoms with van der Waals surface area (Å²) in [5.41, 5.74) is 1.26. The maximum Gasteiger partial charge on any atom is 0.0480 e. The second-order valence-corrected chi connectivity index (χ2v) is 4.41.